The number of hydrogen-bond donors (Lipinski definition) is 0. The van der Waals surface area contributed by atoms with E-state index in [-0.39, 0.29) is 0 Å². The molecule has 0 aliphatic heterocycles. The first kappa shape index (κ1) is 11.7. The summed E-state index contributed by atoms with van der Waals surface area (Å²) in [5.41, 5.74) is 3.78. The van der Waals surface area contributed by atoms with Crippen LogP contribution in [-0.2, 0) is 0 Å². The third-order valence-electron chi connectivity index (χ3n) is 1.70. The molecule has 0 saturated heterocycles. The van der Waals surface area contributed by atoms with Gasteiger partial charge in [-0.15, -0.1) is 5.54 Å². The maximum Gasteiger partial charge on any atom is 0.150 e. The fourth-order valence-electron chi connectivity index (χ4n) is 0.961. The summed E-state index contributed by atoms with van der Waals surface area (Å²) in [6.07, 6.45) is 0.624. The molecule has 0 aliphatic rings. The average Bonchev–Trinajstić information content (AvgIpc) is 2.14. The first-order valence-electron chi connectivity index (χ1n) is 4.70. The molecule has 78 valence electrons. The van der Waals surface area contributed by atoms with Crippen molar-refractivity contribution in [1.29, 1.82) is 0 Å². The molecular weight excluding hydrogens is 207 g/mol. The van der Waals surface area contributed by atoms with Gasteiger partial charge in [0.05, 0.1) is 5.56 Å². The van der Waals surface area contributed by atoms with E-state index >= 15 is 0 Å². The van der Waals surface area contributed by atoms with Crippen LogP contribution in [0, 0.1) is 17.3 Å². The van der Waals surface area contributed by atoms with Crippen molar-refractivity contribution in [2.75, 3.05) is 0 Å². The lowest BCUT2D eigenvalue weighted by atomic mass is 10.1. The second kappa shape index (κ2) is 4.41. The molecule has 0 atom stereocenters. The molecule has 0 aliphatic carbocycles. The fourth-order valence-corrected chi connectivity index (χ4v) is 1.47. The zero-order valence-corrected chi connectivity index (χ0v) is 10.1. The number of halogens is 1. The monoisotopic (exact) mass is 220 g/mol. The summed E-state index contributed by atoms with van der Waals surface area (Å²) in [7, 11) is -1.48. The molecule has 3 heteroatoms. The number of carbonyl (C=O) groups is 1. The molecule has 0 spiro atoms. The third-order valence-corrected chi connectivity index (χ3v) is 2.58. The van der Waals surface area contributed by atoms with E-state index in [9.17, 15) is 9.18 Å². The van der Waals surface area contributed by atoms with Gasteiger partial charge in [-0.3, -0.25) is 4.79 Å². The smallest absolute Gasteiger partial charge is 0.150 e. The van der Waals surface area contributed by atoms with Gasteiger partial charge in [-0.1, -0.05) is 31.6 Å². The van der Waals surface area contributed by atoms with Crippen molar-refractivity contribution in [3.63, 3.8) is 0 Å². The predicted octanol–water partition coefficient (Wildman–Crippen LogP) is 2.87. The first-order valence-corrected chi connectivity index (χ1v) is 8.20. The second-order valence-corrected chi connectivity index (χ2v) is 9.11. The molecule has 0 bridgehead atoms. The summed E-state index contributed by atoms with van der Waals surface area (Å²) in [6, 6.07) is 4.33. The quantitative estimate of drug-likeness (QED) is 0.404. The van der Waals surface area contributed by atoms with Crippen molar-refractivity contribution in [2.24, 2.45) is 0 Å². The number of carbonyl (C=O) groups excluding carboxylic acids is 1. The highest BCUT2D eigenvalue weighted by Crippen LogP contribution is 2.08. The number of benzene rings is 1. The van der Waals surface area contributed by atoms with Gasteiger partial charge in [0.25, 0.3) is 0 Å². The molecule has 0 amide bonds. The van der Waals surface area contributed by atoms with Gasteiger partial charge in [-0.25, -0.2) is 4.39 Å². The highest BCUT2D eigenvalue weighted by atomic mass is 28.3. The highest BCUT2D eigenvalue weighted by Gasteiger charge is 2.08. The van der Waals surface area contributed by atoms with E-state index in [4.69, 9.17) is 0 Å². The van der Waals surface area contributed by atoms with Crippen LogP contribution in [0.4, 0.5) is 4.39 Å². The van der Waals surface area contributed by atoms with Gasteiger partial charge in [0, 0.05) is 5.56 Å². The molecule has 1 aromatic carbocycles. The summed E-state index contributed by atoms with van der Waals surface area (Å²) < 4.78 is 13.4. The van der Waals surface area contributed by atoms with E-state index in [1.54, 1.807) is 12.1 Å². The summed E-state index contributed by atoms with van der Waals surface area (Å²) in [6.45, 7) is 6.28. The molecule has 0 unspecified atom stereocenters. The van der Waals surface area contributed by atoms with E-state index in [0.29, 0.717) is 17.4 Å². The Morgan fingerprint density at radius 1 is 1.33 bits per heavy atom. The van der Waals surface area contributed by atoms with Gasteiger partial charge in [-0.2, -0.15) is 0 Å². The Balaban J connectivity index is 3.06. The van der Waals surface area contributed by atoms with Crippen LogP contribution in [-0.4, -0.2) is 14.4 Å². The Morgan fingerprint density at radius 2 is 2.00 bits per heavy atom. The topological polar surface area (TPSA) is 17.1 Å². The molecular formula is C12H13FOSi. The van der Waals surface area contributed by atoms with Crippen LogP contribution in [0.2, 0.25) is 19.6 Å². The number of hydrogen-bond acceptors (Lipinski definition) is 1. The largest absolute Gasteiger partial charge is 0.298 e. The van der Waals surface area contributed by atoms with Crippen LogP contribution >= 0.6 is 0 Å². The molecule has 0 radical (unpaired) electrons. The third kappa shape index (κ3) is 3.68. The maximum atomic E-state index is 13.4. The Morgan fingerprint density at radius 3 is 2.47 bits per heavy atom. The first-order chi connectivity index (χ1) is 6.92. The number of rotatable bonds is 1. The fraction of sp³-hybridized carbons (Fsp3) is 0.250. The molecule has 15 heavy (non-hydrogen) atoms. The lowest BCUT2D eigenvalue weighted by molar-refractivity contribution is 0.112. The van der Waals surface area contributed by atoms with Gasteiger partial charge in [-0.05, 0) is 12.1 Å². The molecule has 0 N–H and O–H groups in total. The van der Waals surface area contributed by atoms with Crippen LogP contribution in [0.3, 0.4) is 0 Å². The zero-order valence-electron chi connectivity index (χ0n) is 9.10. The maximum absolute atomic E-state index is 13.4. The van der Waals surface area contributed by atoms with Crippen molar-refractivity contribution >= 4 is 14.4 Å². The normalized spacial score (nSPS) is 10.4. The molecule has 1 aromatic rings. The highest BCUT2D eigenvalue weighted by molar-refractivity contribution is 6.83. The van der Waals surface area contributed by atoms with Crippen molar-refractivity contribution in [2.45, 2.75) is 19.6 Å². The van der Waals surface area contributed by atoms with Crippen molar-refractivity contribution in [3.8, 4) is 11.5 Å². The van der Waals surface area contributed by atoms with Gasteiger partial charge < -0.3 is 0 Å². The zero-order chi connectivity index (χ0) is 11.5. The Hall–Kier alpha value is -1.40. The average molecular weight is 220 g/mol. The van der Waals surface area contributed by atoms with Gasteiger partial charge in [0.2, 0.25) is 0 Å². The molecule has 1 rings (SSSR count). The van der Waals surface area contributed by atoms with Crippen LogP contribution < -0.4 is 0 Å². The van der Waals surface area contributed by atoms with Crippen LogP contribution in [0.15, 0.2) is 18.2 Å². The second-order valence-electron chi connectivity index (χ2n) is 4.36. The summed E-state index contributed by atoms with van der Waals surface area (Å²) >= 11 is 0. The standard InChI is InChI=1S/C12H13FOSi/c1-15(2,3)7-6-11-5-4-10(9-14)8-12(11)13/h4-5,8-9H,1-3H3. The van der Waals surface area contributed by atoms with Gasteiger partial charge in [0.15, 0.2) is 0 Å². The Labute approximate surface area is 90.3 Å². The summed E-state index contributed by atoms with van der Waals surface area (Å²) in [5, 5.41) is 0. The Kier molecular flexibility index (Phi) is 3.43. The lowest BCUT2D eigenvalue weighted by Gasteiger charge is -2.03. The molecule has 0 fully saturated rings. The molecule has 1 nitrogen and oxygen atoms in total. The number of aldehydes is 1. The summed E-state index contributed by atoms with van der Waals surface area (Å²) in [5.74, 6) is 2.40. The van der Waals surface area contributed by atoms with Crippen molar-refractivity contribution in [3.05, 3.63) is 35.1 Å². The molecule has 0 heterocycles. The van der Waals surface area contributed by atoms with E-state index in [1.165, 1.54) is 6.07 Å². The summed E-state index contributed by atoms with van der Waals surface area (Å²) in [4.78, 5) is 10.4. The molecule has 0 aromatic heterocycles. The lowest BCUT2D eigenvalue weighted by Crippen LogP contribution is -2.16. The van der Waals surface area contributed by atoms with E-state index in [0.717, 1.165) is 0 Å². The van der Waals surface area contributed by atoms with E-state index in [2.05, 4.69) is 31.1 Å². The molecule has 0 saturated carbocycles. The SMILES string of the molecule is C[Si](C)(C)C#Cc1ccc(C=O)cc1F. The van der Waals surface area contributed by atoms with Crippen LogP contribution in [0.1, 0.15) is 15.9 Å². The minimum absolute atomic E-state index is 0.339. The van der Waals surface area contributed by atoms with Crippen molar-refractivity contribution < 1.29 is 9.18 Å². The minimum atomic E-state index is -1.48. The van der Waals surface area contributed by atoms with E-state index < -0.39 is 13.9 Å². The predicted molar refractivity (Wildman–Crippen MR) is 62.0 cm³/mol. The van der Waals surface area contributed by atoms with Gasteiger partial charge >= 0.3 is 0 Å². The minimum Gasteiger partial charge on any atom is -0.298 e. The van der Waals surface area contributed by atoms with Crippen LogP contribution in [0.5, 0.6) is 0 Å². The van der Waals surface area contributed by atoms with Crippen molar-refractivity contribution in [1.82, 2.24) is 0 Å². The van der Waals surface area contributed by atoms with Gasteiger partial charge in [0.1, 0.15) is 20.2 Å². The Bertz CT molecular complexity index is 435. The van der Waals surface area contributed by atoms with Crippen LogP contribution in [0.25, 0.3) is 0 Å². The van der Waals surface area contributed by atoms with E-state index in [1.807, 2.05) is 0 Å².